The largest absolute Gasteiger partial charge is 0.416 e. The quantitative estimate of drug-likeness (QED) is 0.837. The number of aryl methyl sites for hydroxylation is 1. The molecule has 1 atom stereocenters. The number of alkyl halides is 3. The van der Waals surface area contributed by atoms with Crippen LogP contribution in [-0.4, -0.2) is 23.9 Å². The predicted molar refractivity (Wildman–Crippen MR) is 80.7 cm³/mol. The summed E-state index contributed by atoms with van der Waals surface area (Å²) < 4.78 is 51.4. The summed E-state index contributed by atoms with van der Waals surface area (Å²) >= 11 is 0. The van der Waals surface area contributed by atoms with Gasteiger partial charge in [0.25, 0.3) is 0 Å². The van der Waals surface area contributed by atoms with Crippen molar-refractivity contribution in [2.45, 2.75) is 25.7 Å². The van der Waals surface area contributed by atoms with Crippen LogP contribution >= 0.6 is 0 Å². The Bertz CT molecular complexity index is 657. The first-order chi connectivity index (χ1) is 10.8. The van der Waals surface area contributed by atoms with Gasteiger partial charge in [0.15, 0.2) is 6.10 Å². The summed E-state index contributed by atoms with van der Waals surface area (Å²) in [6, 6.07) is 12.6. The molecule has 0 aliphatic rings. The van der Waals surface area contributed by atoms with Crippen LogP contribution in [0.5, 0.6) is 0 Å². The van der Waals surface area contributed by atoms with Crippen LogP contribution in [0.25, 0.3) is 0 Å². The molecule has 0 aliphatic carbocycles. The summed E-state index contributed by atoms with van der Waals surface area (Å²) in [5, 5.41) is 9.37. The standard InChI is InChI=1S/C17H17F4NO/c1-12-5-2-3-6-13(12)10-22(11-16(23)17(19,20)21)15-8-4-7-14(18)9-15/h2-9,16,23H,10-11H2,1H3. The maximum absolute atomic E-state index is 13.4. The summed E-state index contributed by atoms with van der Waals surface area (Å²) in [7, 11) is 0. The van der Waals surface area contributed by atoms with E-state index in [1.807, 2.05) is 19.1 Å². The van der Waals surface area contributed by atoms with Gasteiger partial charge in [-0.05, 0) is 36.2 Å². The van der Waals surface area contributed by atoms with Gasteiger partial charge in [0, 0.05) is 12.2 Å². The third-order valence-corrected chi connectivity index (χ3v) is 3.57. The van der Waals surface area contributed by atoms with Crippen LogP contribution in [-0.2, 0) is 6.54 Å². The van der Waals surface area contributed by atoms with Crippen LogP contribution in [0, 0.1) is 12.7 Å². The summed E-state index contributed by atoms with van der Waals surface area (Å²) in [4.78, 5) is 1.32. The molecule has 6 heteroatoms. The number of hydrogen-bond acceptors (Lipinski definition) is 2. The molecule has 0 fully saturated rings. The van der Waals surface area contributed by atoms with E-state index in [0.717, 1.165) is 17.2 Å². The lowest BCUT2D eigenvalue weighted by Gasteiger charge is -2.29. The molecule has 2 aromatic rings. The molecule has 0 aliphatic heterocycles. The number of benzene rings is 2. The zero-order valence-corrected chi connectivity index (χ0v) is 12.5. The maximum Gasteiger partial charge on any atom is 0.416 e. The van der Waals surface area contributed by atoms with Gasteiger partial charge >= 0.3 is 6.18 Å². The van der Waals surface area contributed by atoms with Gasteiger partial charge in [-0.2, -0.15) is 13.2 Å². The molecule has 1 N–H and O–H groups in total. The third kappa shape index (κ3) is 4.69. The van der Waals surface area contributed by atoms with E-state index >= 15 is 0 Å². The molecule has 23 heavy (non-hydrogen) atoms. The number of halogens is 4. The highest BCUT2D eigenvalue weighted by atomic mass is 19.4. The van der Waals surface area contributed by atoms with Crippen LogP contribution in [0.15, 0.2) is 48.5 Å². The predicted octanol–water partition coefficient (Wildman–Crippen LogP) is 4.06. The summed E-state index contributed by atoms with van der Waals surface area (Å²) in [6.07, 6.45) is -7.23. The van der Waals surface area contributed by atoms with Crippen LogP contribution < -0.4 is 4.90 Å². The van der Waals surface area contributed by atoms with E-state index in [9.17, 15) is 22.7 Å². The molecule has 0 saturated carbocycles. The zero-order chi connectivity index (χ0) is 17.0. The molecule has 0 heterocycles. The van der Waals surface area contributed by atoms with E-state index < -0.39 is 24.6 Å². The highest BCUT2D eigenvalue weighted by Gasteiger charge is 2.39. The third-order valence-electron chi connectivity index (χ3n) is 3.57. The van der Waals surface area contributed by atoms with E-state index in [1.165, 1.54) is 23.1 Å². The molecule has 0 amide bonds. The molecule has 1 unspecified atom stereocenters. The van der Waals surface area contributed by atoms with Crippen molar-refractivity contribution in [2.24, 2.45) is 0 Å². The average molecular weight is 327 g/mol. The van der Waals surface area contributed by atoms with Crippen molar-refractivity contribution in [2.75, 3.05) is 11.4 Å². The first-order valence-electron chi connectivity index (χ1n) is 7.07. The lowest BCUT2D eigenvalue weighted by Crippen LogP contribution is -2.41. The van der Waals surface area contributed by atoms with E-state index in [4.69, 9.17) is 0 Å². The highest BCUT2D eigenvalue weighted by Crippen LogP contribution is 2.25. The van der Waals surface area contributed by atoms with Crippen molar-refractivity contribution < 1.29 is 22.7 Å². The second-order valence-electron chi connectivity index (χ2n) is 5.34. The minimum absolute atomic E-state index is 0.142. The van der Waals surface area contributed by atoms with Crippen LogP contribution in [0.3, 0.4) is 0 Å². The van der Waals surface area contributed by atoms with Crippen molar-refractivity contribution in [3.8, 4) is 0 Å². The first kappa shape index (κ1) is 17.3. The van der Waals surface area contributed by atoms with Crippen molar-refractivity contribution in [1.29, 1.82) is 0 Å². The summed E-state index contributed by atoms with van der Waals surface area (Å²) in [6.45, 7) is 1.32. The lowest BCUT2D eigenvalue weighted by atomic mass is 10.1. The fraction of sp³-hybridized carbons (Fsp3) is 0.294. The van der Waals surface area contributed by atoms with Gasteiger partial charge in [0.1, 0.15) is 5.82 Å². The Balaban J connectivity index is 2.30. The Morgan fingerprint density at radius 2 is 1.78 bits per heavy atom. The minimum atomic E-state index is -4.72. The highest BCUT2D eigenvalue weighted by molar-refractivity contribution is 5.48. The van der Waals surface area contributed by atoms with Crippen molar-refractivity contribution >= 4 is 5.69 Å². The second-order valence-corrected chi connectivity index (χ2v) is 5.34. The van der Waals surface area contributed by atoms with E-state index in [1.54, 1.807) is 12.1 Å². The van der Waals surface area contributed by atoms with Gasteiger partial charge in [0.2, 0.25) is 0 Å². The Morgan fingerprint density at radius 1 is 1.09 bits per heavy atom. The molecular weight excluding hydrogens is 310 g/mol. The van der Waals surface area contributed by atoms with E-state index in [-0.39, 0.29) is 12.2 Å². The zero-order valence-electron chi connectivity index (χ0n) is 12.5. The minimum Gasteiger partial charge on any atom is -0.382 e. The van der Waals surface area contributed by atoms with Gasteiger partial charge in [0.05, 0.1) is 6.54 Å². The van der Waals surface area contributed by atoms with Crippen LogP contribution in [0.1, 0.15) is 11.1 Å². The molecular formula is C17H17F4NO. The SMILES string of the molecule is Cc1ccccc1CN(CC(O)C(F)(F)F)c1cccc(F)c1. The van der Waals surface area contributed by atoms with Crippen molar-refractivity contribution in [3.63, 3.8) is 0 Å². The lowest BCUT2D eigenvalue weighted by molar-refractivity contribution is -0.200. The number of aliphatic hydroxyl groups is 1. The second kappa shape index (κ2) is 7.00. The number of rotatable bonds is 5. The Kier molecular flexibility index (Phi) is 5.26. The molecule has 0 radical (unpaired) electrons. The average Bonchev–Trinajstić information content (AvgIpc) is 2.47. The maximum atomic E-state index is 13.4. The van der Waals surface area contributed by atoms with E-state index in [2.05, 4.69) is 0 Å². The van der Waals surface area contributed by atoms with Gasteiger partial charge in [-0.3, -0.25) is 0 Å². The van der Waals surface area contributed by atoms with E-state index in [0.29, 0.717) is 0 Å². The smallest absolute Gasteiger partial charge is 0.382 e. The van der Waals surface area contributed by atoms with Gasteiger partial charge < -0.3 is 10.0 Å². The fourth-order valence-corrected chi connectivity index (χ4v) is 2.24. The van der Waals surface area contributed by atoms with Crippen LogP contribution in [0.2, 0.25) is 0 Å². The molecule has 2 aromatic carbocycles. The Hall–Kier alpha value is -2.08. The van der Waals surface area contributed by atoms with Crippen molar-refractivity contribution in [3.05, 3.63) is 65.5 Å². The molecule has 0 bridgehead atoms. The molecule has 2 nitrogen and oxygen atoms in total. The van der Waals surface area contributed by atoms with Crippen LogP contribution in [0.4, 0.5) is 23.2 Å². The Labute approximate surface area is 132 Å². The fourth-order valence-electron chi connectivity index (χ4n) is 2.24. The van der Waals surface area contributed by atoms with Crippen molar-refractivity contribution in [1.82, 2.24) is 0 Å². The van der Waals surface area contributed by atoms with Gasteiger partial charge in [-0.15, -0.1) is 0 Å². The normalized spacial score (nSPS) is 13.0. The summed E-state index contributed by atoms with van der Waals surface area (Å²) in [5.74, 6) is -0.543. The molecule has 124 valence electrons. The topological polar surface area (TPSA) is 23.5 Å². The molecule has 2 rings (SSSR count). The molecule has 0 spiro atoms. The summed E-state index contributed by atoms with van der Waals surface area (Å²) in [5.41, 5.74) is 2.01. The first-order valence-corrected chi connectivity index (χ1v) is 7.07. The van der Waals surface area contributed by atoms with Gasteiger partial charge in [-0.1, -0.05) is 30.3 Å². The number of aliphatic hydroxyl groups excluding tert-OH is 1. The Morgan fingerprint density at radius 3 is 2.39 bits per heavy atom. The number of anilines is 1. The molecule has 0 aromatic heterocycles. The van der Waals surface area contributed by atoms with Gasteiger partial charge in [-0.25, -0.2) is 4.39 Å². The molecule has 0 saturated heterocycles. The number of hydrogen-bond donors (Lipinski definition) is 1. The number of nitrogens with zero attached hydrogens (tertiary/aromatic N) is 1. The monoisotopic (exact) mass is 327 g/mol.